The third kappa shape index (κ3) is 2.37. The second kappa shape index (κ2) is 5.47. The van der Waals surface area contributed by atoms with Crippen molar-refractivity contribution >= 4 is 0 Å². The van der Waals surface area contributed by atoms with Gasteiger partial charge in [0.25, 0.3) is 0 Å². The first-order chi connectivity index (χ1) is 6.90. The maximum atomic E-state index is 5.31. The molecule has 14 heavy (non-hydrogen) atoms. The summed E-state index contributed by atoms with van der Waals surface area (Å²) in [5.74, 6) is 2.65. The molecule has 74 valence electrons. The van der Waals surface area contributed by atoms with E-state index in [0.29, 0.717) is 0 Å². The summed E-state index contributed by atoms with van der Waals surface area (Å²) in [6.45, 7) is 6.05. The molecule has 1 aliphatic rings. The predicted octanol–water partition coefficient (Wildman–Crippen LogP) is 2.34. The van der Waals surface area contributed by atoms with Gasteiger partial charge in [-0.05, 0) is 36.2 Å². The number of fused-ring (bicyclic) bond motifs is 1. The number of hydrogen-bond donors (Lipinski definition) is 1. The summed E-state index contributed by atoms with van der Waals surface area (Å²) in [6, 6.07) is 6.26. The van der Waals surface area contributed by atoms with Crippen LogP contribution in [-0.2, 0) is 13.0 Å². The maximum absolute atomic E-state index is 5.31. The fraction of sp³-hybridized carbons (Fsp3) is 0.385. The molecular weight excluding hydrogens is 170 g/mol. The van der Waals surface area contributed by atoms with Crippen LogP contribution in [0, 0.1) is 12.3 Å². The van der Waals surface area contributed by atoms with Gasteiger partial charge >= 0.3 is 0 Å². The van der Waals surface area contributed by atoms with E-state index >= 15 is 0 Å². The molecule has 0 fully saturated rings. The zero-order valence-corrected chi connectivity index (χ0v) is 8.93. The Morgan fingerprint density at radius 2 is 2.07 bits per heavy atom. The normalized spacial score (nSPS) is 13.2. The quantitative estimate of drug-likeness (QED) is 0.615. The summed E-state index contributed by atoms with van der Waals surface area (Å²) in [4.78, 5) is 0. The van der Waals surface area contributed by atoms with Gasteiger partial charge in [-0.2, -0.15) is 0 Å². The first-order valence-electron chi connectivity index (χ1n) is 5.19. The molecule has 0 bridgehead atoms. The van der Waals surface area contributed by atoms with E-state index in [4.69, 9.17) is 6.42 Å². The first kappa shape index (κ1) is 10.8. The summed E-state index contributed by atoms with van der Waals surface area (Å²) in [6.07, 6.45) is 6.44. The number of hydrogen-bond acceptors (Lipinski definition) is 1. The van der Waals surface area contributed by atoms with E-state index in [-0.39, 0.29) is 0 Å². The number of nitrogens with one attached hydrogen (secondary N) is 1. The average Bonchev–Trinajstić information content (AvgIpc) is 2.31. The molecule has 0 aromatic heterocycles. The van der Waals surface area contributed by atoms with Gasteiger partial charge in [-0.25, -0.2) is 0 Å². The smallest absolute Gasteiger partial charge is 0.0246 e. The van der Waals surface area contributed by atoms with Crippen LogP contribution in [0.4, 0.5) is 0 Å². The van der Waals surface area contributed by atoms with Crippen LogP contribution in [0.25, 0.3) is 0 Å². The highest BCUT2D eigenvalue weighted by molar-refractivity contribution is 5.40. The molecule has 0 saturated carbocycles. The molecule has 0 spiro atoms. The summed E-state index contributed by atoms with van der Waals surface area (Å²) in [5.41, 5.74) is 3.78. The van der Waals surface area contributed by atoms with Crippen molar-refractivity contribution in [2.45, 2.75) is 26.8 Å². The highest BCUT2D eigenvalue weighted by atomic mass is 14.9. The SMILES string of the molecule is C#Cc1ccc2c(c1)CNCC2.CC. The van der Waals surface area contributed by atoms with Gasteiger partial charge in [0.1, 0.15) is 0 Å². The van der Waals surface area contributed by atoms with Crippen molar-refractivity contribution in [1.29, 1.82) is 0 Å². The van der Waals surface area contributed by atoms with Crippen molar-refractivity contribution < 1.29 is 0 Å². The highest BCUT2D eigenvalue weighted by Crippen LogP contribution is 2.14. The monoisotopic (exact) mass is 187 g/mol. The Bertz CT molecular complexity index is 334. The topological polar surface area (TPSA) is 12.0 Å². The van der Waals surface area contributed by atoms with E-state index in [2.05, 4.69) is 23.4 Å². The van der Waals surface area contributed by atoms with Crippen LogP contribution < -0.4 is 5.32 Å². The lowest BCUT2D eigenvalue weighted by molar-refractivity contribution is 0.643. The fourth-order valence-electron chi connectivity index (χ4n) is 1.57. The molecule has 1 aromatic rings. The van der Waals surface area contributed by atoms with Gasteiger partial charge in [0.2, 0.25) is 0 Å². The van der Waals surface area contributed by atoms with E-state index in [1.807, 2.05) is 19.9 Å². The third-order valence-electron chi connectivity index (χ3n) is 2.26. The Kier molecular flexibility index (Phi) is 4.22. The molecule has 1 heterocycles. The highest BCUT2D eigenvalue weighted by Gasteiger charge is 2.07. The summed E-state index contributed by atoms with van der Waals surface area (Å²) in [5, 5.41) is 3.32. The van der Waals surface area contributed by atoms with Gasteiger partial charge in [-0.3, -0.25) is 0 Å². The van der Waals surface area contributed by atoms with E-state index < -0.39 is 0 Å². The van der Waals surface area contributed by atoms with Crippen molar-refractivity contribution in [2.24, 2.45) is 0 Å². The van der Waals surface area contributed by atoms with Crippen molar-refractivity contribution in [1.82, 2.24) is 5.32 Å². The minimum atomic E-state index is 0.963. The fourth-order valence-corrected chi connectivity index (χ4v) is 1.57. The van der Waals surface area contributed by atoms with Crippen LogP contribution in [0.3, 0.4) is 0 Å². The molecule has 1 heteroatoms. The standard InChI is InChI=1S/C11H11N.C2H6/c1-2-9-3-4-10-5-6-12-8-11(10)7-9;1-2/h1,3-4,7,12H,5-6,8H2;1-2H3. The minimum absolute atomic E-state index is 0.963. The van der Waals surface area contributed by atoms with Crippen LogP contribution in [-0.4, -0.2) is 6.54 Å². The zero-order chi connectivity index (χ0) is 10.4. The van der Waals surface area contributed by atoms with Crippen LogP contribution in [0.5, 0.6) is 0 Å². The Morgan fingerprint density at radius 3 is 2.79 bits per heavy atom. The molecule has 2 rings (SSSR count). The molecule has 0 atom stereocenters. The maximum Gasteiger partial charge on any atom is 0.0246 e. The Labute approximate surface area is 86.5 Å². The second-order valence-electron chi connectivity index (χ2n) is 3.05. The zero-order valence-electron chi connectivity index (χ0n) is 8.93. The molecule has 1 nitrogen and oxygen atoms in total. The first-order valence-corrected chi connectivity index (χ1v) is 5.19. The summed E-state index contributed by atoms with van der Waals surface area (Å²) in [7, 11) is 0. The predicted molar refractivity (Wildman–Crippen MR) is 61.1 cm³/mol. The van der Waals surface area contributed by atoms with Gasteiger partial charge in [-0.1, -0.05) is 25.8 Å². The number of rotatable bonds is 0. The summed E-state index contributed by atoms with van der Waals surface area (Å²) < 4.78 is 0. The Balaban J connectivity index is 0.000000461. The lowest BCUT2D eigenvalue weighted by Crippen LogP contribution is -2.23. The van der Waals surface area contributed by atoms with Gasteiger partial charge in [-0.15, -0.1) is 6.42 Å². The van der Waals surface area contributed by atoms with Crippen LogP contribution >= 0.6 is 0 Å². The van der Waals surface area contributed by atoms with E-state index in [1.165, 1.54) is 11.1 Å². The number of terminal acetylenes is 1. The van der Waals surface area contributed by atoms with Crippen LogP contribution in [0.2, 0.25) is 0 Å². The molecule has 0 saturated heterocycles. The van der Waals surface area contributed by atoms with E-state index in [9.17, 15) is 0 Å². The molecular formula is C13H17N. The minimum Gasteiger partial charge on any atom is -0.312 e. The Morgan fingerprint density at radius 1 is 1.29 bits per heavy atom. The molecule has 0 unspecified atom stereocenters. The van der Waals surface area contributed by atoms with E-state index in [1.54, 1.807) is 0 Å². The summed E-state index contributed by atoms with van der Waals surface area (Å²) >= 11 is 0. The molecule has 1 aliphatic heterocycles. The van der Waals surface area contributed by atoms with Gasteiger partial charge in [0.15, 0.2) is 0 Å². The van der Waals surface area contributed by atoms with Crippen molar-refractivity contribution in [3.05, 3.63) is 34.9 Å². The van der Waals surface area contributed by atoms with E-state index in [0.717, 1.165) is 25.1 Å². The number of benzene rings is 1. The van der Waals surface area contributed by atoms with Crippen molar-refractivity contribution in [3.8, 4) is 12.3 Å². The van der Waals surface area contributed by atoms with Crippen molar-refractivity contribution in [3.63, 3.8) is 0 Å². The molecule has 0 amide bonds. The van der Waals surface area contributed by atoms with Gasteiger partial charge in [0, 0.05) is 12.1 Å². The second-order valence-corrected chi connectivity index (χ2v) is 3.05. The van der Waals surface area contributed by atoms with Crippen molar-refractivity contribution in [2.75, 3.05) is 6.54 Å². The Hall–Kier alpha value is -1.26. The van der Waals surface area contributed by atoms with Crippen LogP contribution in [0.15, 0.2) is 18.2 Å². The molecule has 1 aromatic carbocycles. The van der Waals surface area contributed by atoms with Gasteiger partial charge in [0.05, 0.1) is 0 Å². The molecule has 0 radical (unpaired) electrons. The van der Waals surface area contributed by atoms with Gasteiger partial charge < -0.3 is 5.32 Å². The average molecular weight is 187 g/mol. The molecule has 0 aliphatic carbocycles. The largest absolute Gasteiger partial charge is 0.312 e. The third-order valence-corrected chi connectivity index (χ3v) is 2.26. The van der Waals surface area contributed by atoms with Crippen LogP contribution in [0.1, 0.15) is 30.5 Å². The molecule has 1 N–H and O–H groups in total. The lowest BCUT2D eigenvalue weighted by Gasteiger charge is -2.16. The lowest BCUT2D eigenvalue weighted by atomic mass is 9.99.